The number of alkyl carbamates (subject to hydrolysis) is 1. The first kappa shape index (κ1) is 31.6. The number of allylic oxidation sites excluding steroid dienone is 1. The molecule has 0 spiro atoms. The Bertz CT molecular complexity index is 1660. The van der Waals surface area contributed by atoms with E-state index in [4.69, 9.17) is 9.47 Å². The second-order valence-electron chi connectivity index (χ2n) is 11.2. The van der Waals surface area contributed by atoms with Crippen molar-refractivity contribution >= 4 is 17.9 Å². The normalized spacial score (nSPS) is 17.2. The largest absolute Gasteiger partial charge is 0.482 e. The summed E-state index contributed by atoms with van der Waals surface area (Å²) in [5.41, 5.74) is 0.796. The number of likely N-dealkylation sites (tertiary alicyclic amines) is 1. The molecule has 12 nitrogen and oxygen atoms in total. The second kappa shape index (κ2) is 14.8. The number of hydrogen-bond donors (Lipinski definition) is 1. The predicted molar refractivity (Wildman–Crippen MR) is 166 cm³/mol. The molecular formula is C31H35F2N9O3S. The smallest absolute Gasteiger partial charge is 0.407 e. The molecule has 2 aliphatic rings. The van der Waals surface area contributed by atoms with Gasteiger partial charge in [-0.25, -0.2) is 18.3 Å². The number of pyridine rings is 1. The number of amides is 1. The molecular weight excluding hydrogens is 616 g/mol. The molecule has 3 aromatic heterocycles. The van der Waals surface area contributed by atoms with Crippen molar-refractivity contribution in [1.29, 1.82) is 0 Å². The number of halogens is 2. The zero-order valence-electron chi connectivity index (χ0n) is 25.4. The second-order valence-corrected chi connectivity index (χ2v) is 12.4. The van der Waals surface area contributed by atoms with Gasteiger partial charge in [-0.1, -0.05) is 29.1 Å². The van der Waals surface area contributed by atoms with Crippen LogP contribution >= 0.6 is 11.8 Å². The number of rotatable bonds is 11. The fourth-order valence-corrected chi connectivity index (χ4v) is 6.48. The summed E-state index contributed by atoms with van der Waals surface area (Å²) in [4.78, 5) is 18.6. The minimum absolute atomic E-state index is 0.0477. The van der Waals surface area contributed by atoms with Gasteiger partial charge in [0.25, 0.3) is 0 Å². The lowest BCUT2D eigenvalue weighted by Crippen LogP contribution is -2.43. The van der Waals surface area contributed by atoms with Crippen LogP contribution in [0.3, 0.4) is 0 Å². The third-order valence-electron chi connectivity index (χ3n) is 7.86. The summed E-state index contributed by atoms with van der Waals surface area (Å²) in [7, 11) is 2.05. The van der Waals surface area contributed by atoms with Crippen LogP contribution in [0.15, 0.2) is 60.2 Å². The molecule has 1 unspecified atom stereocenters. The molecule has 0 saturated carbocycles. The van der Waals surface area contributed by atoms with Gasteiger partial charge in [0.1, 0.15) is 24.7 Å². The molecule has 1 saturated heterocycles. The van der Waals surface area contributed by atoms with Crippen molar-refractivity contribution in [3.8, 4) is 22.7 Å². The van der Waals surface area contributed by atoms with Gasteiger partial charge in [0, 0.05) is 29.1 Å². The number of carbonyl (C=O) groups is 1. The molecule has 1 aliphatic carbocycles. The third kappa shape index (κ3) is 7.88. The Balaban J connectivity index is 1.08. The summed E-state index contributed by atoms with van der Waals surface area (Å²) in [6, 6.07) is 5.77. The van der Waals surface area contributed by atoms with Crippen LogP contribution in [-0.4, -0.2) is 83.8 Å². The third-order valence-corrected chi connectivity index (χ3v) is 9.03. The molecule has 242 valence electrons. The van der Waals surface area contributed by atoms with Crippen LogP contribution in [-0.2, 0) is 17.9 Å². The van der Waals surface area contributed by atoms with Crippen LogP contribution in [0.25, 0.3) is 16.9 Å². The van der Waals surface area contributed by atoms with E-state index in [1.54, 1.807) is 30.2 Å². The maximum absolute atomic E-state index is 15.2. The number of carbonyl (C=O) groups excluding carboxylic acids is 1. The van der Waals surface area contributed by atoms with Gasteiger partial charge in [-0.15, -0.1) is 15.3 Å². The highest BCUT2D eigenvalue weighted by Gasteiger charge is 2.22. The van der Waals surface area contributed by atoms with Crippen molar-refractivity contribution < 1.29 is 23.0 Å². The van der Waals surface area contributed by atoms with E-state index in [2.05, 4.69) is 47.9 Å². The van der Waals surface area contributed by atoms with Crippen LogP contribution in [0.4, 0.5) is 13.6 Å². The maximum Gasteiger partial charge on any atom is 0.407 e. The zero-order valence-corrected chi connectivity index (χ0v) is 26.2. The summed E-state index contributed by atoms with van der Waals surface area (Å²) >= 11 is 1.59. The number of hydrogen-bond acceptors (Lipinski definition) is 10. The van der Waals surface area contributed by atoms with E-state index in [1.807, 2.05) is 17.7 Å². The van der Waals surface area contributed by atoms with Gasteiger partial charge < -0.3 is 19.7 Å². The fourth-order valence-electron chi connectivity index (χ4n) is 5.33. The van der Waals surface area contributed by atoms with Crippen molar-refractivity contribution in [2.45, 2.75) is 61.7 Å². The molecule has 1 aromatic carbocycles. The number of nitrogens with zero attached hydrogens (tertiary/aromatic N) is 8. The fraction of sp³-hybridized carbons (Fsp3) is 0.419. The Kier molecular flexibility index (Phi) is 10.2. The topological polar surface area (TPSA) is 125 Å². The van der Waals surface area contributed by atoms with E-state index in [-0.39, 0.29) is 48.1 Å². The Morgan fingerprint density at radius 2 is 2.00 bits per heavy atom. The van der Waals surface area contributed by atoms with E-state index in [9.17, 15) is 4.79 Å². The molecule has 0 bridgehead atoms. The van der Waals surface area contributed by atoms with Crippen molar-refractivity contribution in [2.24, 2.45) is 0 Å². The average molecular weight is 652 g/mol. The minimum Gasteiger partial charge on any atom is -0.482 e. The summed E-state index contributed by atoms with van der Waals surface area (Å²) < 4.78 is 44.6. The van der Waals surface area contributed by atoms with Crippen molar-refractivity contribution in [3.63, 3.8) is 0 Å². The highest BCUT2D eigenvalue weighted by atomic mass is 32.2. The van der Waals surface area contributed by atoms with Gasteiger partial charge in [-0.3, -0.25) is 9.55 Å². The van der Waals surface area contributed by atoms with Crippen molar-refractivity contribution in [1.82, 2.24) is 45.0 Å². The number of aromatic nitrogens is 7. The van der Waals surface area contributed by atoms with Gasteiger partial charge in [-0.2, -0.15) is 0 Å². The zero-order chi connectivity index (χ0) is 31.9. The van der Waals surface area contributed by atoms with Crippen molar-refractivity contribution in [2.75, 3.05) is 26.7 Å². The predicted octanol–water partition coefficient (Wildman–Crippen LogP) is 4.80. The number of benzene rings is 1. The molecule has 0 radical (unpaired) electrons. The Morgan fingerprint density at radius 3 is 2.78 bits per heavy atom. The standard InChI is InChI=1S/C31H35F2N9O3S/c1-40-12-9-21(10-13-40)35-31(43)44-15-14-41-19-27(36-39-41)24-16-26(33)28(17-25(24)32)45-20-29-37-38-30(46-23-7-3-2-4-8-23)42(29)22-6-5-11-34-18-22/h3,5-7,11,16-19,21,23H,2,4,8-10,12-15,20H2,1H3,(H,35,43). The molecule has 1 aliphatic heterocycles. The quantitative estimate of drug-likeness (QED) is 0.226. The lowest BCUT2D eigenvalue weighted by atomic mass is 10.1. The van der Waals surface area contributed by atoms with E-state index in [1.165, 1.54) is 10.9 Å². The lowest BCUT2D eigenvalue weighted by Gasteiger charge is -2.29. The van der Waals surface area contributed by atoms with Gasteiger partial charge in [0.15, 0.2) is 22.5 Å². The highest BCUT2D eigenvalue weighted by Crippen LogP contribution is 2.32. The molecule has 1 fully saturated rings. The Morgan fingerprint density at radius 1 is 1.13 bits per heavy atom. The van der Waals surface area contributed by atoms with E-state index in [0.717, 1.165) is 63.0 Å². The van der Waals surface area contributed by atoms with Crippen LogP contribution in [0.5, 0.6) is 5.75 Å². The van der Waals surface area contributed by atoms with Crippen LogP contribution in [0.1, 0.15) is 37.9 Å². The van der Waals surface area contributed by atoms with Gasteiger partial charge in [0.05, 0.1) is 24.6 Å². The van der Waals surface area contributed by atoms with Crippen LogP contribution < -0.4 is 10.1 Å². The van der Waals surface area contributed by atoms with E-state index < -0.39 is 17.7 Å². The SMILES string of the molecule is CN1CCC(NC(=O)OCCn2cc(-c3cc(F)c(OCc4nnc(SC5C=CCCC5)n4-c4cccnc4)cc3F)nn2)CC1. The summed E-state index contributed by atoms with van der Waals surface area (Å²) in [6.45, 7) is 1.94. The molecule has 46 heavy (non-hydrogen) atoms. The van der Waals surface area contributed by atoms with Crippen LogP contribution in [0, 0.1) is 11.6 Å². The summed E-state index contributed by atoms with van der Waals surface area (Å²) in [5.74, 6) is -1.35. The van der Waals surface area contributed by atoms with E-state index >= 15 is 8.78 Å². The summed E-state index contributed by atoms with van der Waals surface area (Å²) in [5, 5.41) is 20.4. The number of ether oxygens (including phenoxy) is 2. The van der Waals surface area contributed by atoms with E-state index in [0.29, 0.717) is 11.0 Å². The van der Waals surface area contributed by atoms with Gasteiger partial charge in [0.2, 0.25) is 0 Å². The molecule has 6 rings (SSSR count). The molecule has 1 N–H and O–H groups in total. The molecule has 4 heterocycles. The van der Waals surface area contributed by atoms with Crippen molar-refractivity contribution in [3.05, 3.63) is 72.5 Å². The molecule has 1 atom stereocenters. The lowest BCUT2D eigenvalue weighted by molar-refractivity contribution is 0.130. The minimum atomic E-state index is -0.769. The number of thioether (sulfide) groups is 1. The number of piperidine rings is 1. The molecule has 1 amide bonds. The summed E-state index contributed by atoms with van der Waals surface area (Å²) in [6.07, 6.45) is 13.6. The average Bonchev–Trinajstić information content (AvgIpc) is 3.70. The first-order chi connectivity index (χ1) is 22.4. The van der Waals surface area contributed by atoms with Gasteiger partial charge >= 0.3 is 6.09 Å². The first-order valence-corrected chi connectivity index (χ1v) is 16.1. The maximum atomic E-state index is 15.2. The first-order valence-electron chi connectivity index (χ1n) is 15.2. The number of nitrogens with one attached hydrogen (secondary N) is 1. The van der Waals surface area contributed by atoms with Crippen LogP contribution in [0.2, 0.25) is 0 Å². The highest BCUT2D eigenvalue weighted by molar-refractivity contribution is 7.99. The molecule has 15 heteroatoms. The Labute approximate surface area is 269 Å². The molecule has 4 aromatic rings. The Hall–Kier alpha value is -4.37. The van der Waals surface area contributed by atoms with Gasteiger partial charge in [-0.05, 0) is 70.4 Å². The monoisotopic (exact) mass is 651 g/mol.